The quantitative estimate of drug-likeness (QED) is 0.938. The summed E-state index contributed by atoms with van der Waals surface area (Å²) in [5.41, 5.74) is 0.995. The van der Waals surface area contributed by atoms with Gasteiger partial charge < -0.3 is 15.0 Å². The lowest BCUT2D eigenvalue weighted by atomic mass is 10.3. The van der Waals surface area contributed by atoms with Crippen LogP contribution in [0.5, 0.6) is 5.75 Å². The van der Waals surface area contributed by atoms with Crippen LogP contribution < -0.4 is 15.0 Å². The summed E-state index contributed by atoms with van der Waals surface area (Å²) in [7, 11) is 1.60. The van der Waals surface area contributed by atoms with Crippen LogP contribution in [0.3, 0.4) is 0 Å². The Morgan fingerprint density at radius 2 is 1.86 bits per heavy atom. The molecule has 1 saturated heterocycles. The van der Waals surface area contributed by atoms with E-state index < -0.39 is 0 Å². The lowest BCUT2D eigenvalue weighted by molar-refractivity contribution is 0.102. The Kier molecular flexibility index (Phi) is 4.18. The number of ether oxygens (including phenoxy) is 1. The second-order valence-electron chi connectivity index (χ2n) is 5.14. The Labute approximate surface area is 129 Å². The molecule has 1 amide bonds. The van der Waals surface area contributed by atoms with E-state index in [4.69, 9.17) is 4.74 Å². The van der Waals surface area contributed by atoms with Gasteiger partial charge in [-0.2, -0.15) is 0 Å². The van der Waals surface area contributed by atoms with E-state index in [0.29, 0.717) is 11.4 Å². The molecule has 1 fully saturated rings. The summed E-state index contributed by atoms with van der Waals surface area (Å²) in [5, 5.41) is 2.79. The van der Waals surface area contributed by atoms with E-state index in [0.717, 1.165) is 24.7 Å². The van der Waals surface area contributed by atoms with Gasteiger partial charge in [0.1, 0.15) is 17.3 Å². The second kappa shape index (κ2) is 6.43. The number of hydrogen-bond donors (Lipinski definition) is 1. The molecule has 0 spiro atoms. The Balaban J connectivity index is 1.66. The molecule has 0 saturated carbocycles. The van der Waals surface area contributed by atoms with Gasteiger partial charge in [-0.25, -0.2) is 9.97 Å². The van der Waals surface area contributed by atoms with Crippen molar-refractivity contribution in [2.45, 2.75) is 12.8 Å². The molecule has 1 aliphatic rings. The number of carbonyl (C=O) groups is 1. The van der Waals surface area contributed by atoms with Crippen molar-refractivity contribution in [1.29, 1.82) is 0 Å². The van der Waals surface area contributed by atoms with Crippen molar-refractivity contribution in [2.75, 3.05) is 30.4 Å². The minimum atomic E-state index is -0.273. The highest BCUT2D eigenvalue weighted by molar-refractivity contribution is 6.02. The average molecular weight is 298 g/mol. The zero-order valence-electron chi connectivity index (χ0n) is 12.5. The van der Waals surface area contributed by atoms with E-state index in [2.05, 4.69) is 20.2 Å². The number of hydrogen-bond acceptors (Lipinski definition) is 5. The first kappa shape index (κ1) is 14.3. The molecule has 114 valence electrons. The summed E-state index contributed by atoms with van der Waals surface area (Å²) in [6.45, 7) is 2.01. The number of nitrogens with zero attached hydrogens (tertiary/aromatic N) is 3. The topological polar surface area (TPSA) is 67.3 Å². The van der Waals surface area contributed by atoms with Crippen molar-refractivity contribution in [3.63, 3.8) is 0 Å². The Bertz CT molecular complexity index is 634. The number of nitrogens with one attached hydrogen (secondary N) is 1. The van der Waals surface area contributed by atoms with Gasteiger partial charge in [-0.05, 0) is 37.1 Å². The molecule has 1 aromatic carbocycles. The fourth-order valence-corrected chi connectivity index (χ4v) is 2.42. The Morgan fingerprint density at radius 3 is 2.45 bits per heavy atom. The van der Waals surface area contributed by atoms with Crippen molar-refractivity contribution in [3.8, 4) is 5.75 Å². The predicted octanol–water partition coefficient (Wildman–Crippen LogP) is 2.34. The molecule has 6 nitrogen and oxygen atoms in total. The van der Waals surface area contributed by atoms with Crippen LogP contribution in [0.1, 0.15) is 23.3 Å². The fourth-order valence-electron chi connectivity index (χ4n) is 2.42. The van der Waals surface area contributed by atoms with Gasteiger partial charge in [0.05, 0.1) is 19.5 Å². The number of anilines is 2. The molecular formula is C16H18N4O2. The highest BCUT2D eigenvalue weighted by atomic mass is 16.5. The minimum absolute atomic E-state index is 0.273. The molecule has 3 rings (SSSR count). The SMILES string of the molecule is COc1ccc(NC(=O)c2cnc(N3CCCC3)cn2)cc1. The summed E-state index contributed by atoms with van der Waals surface area (Å²) in [5.74, 6) is 1.30. The highest BCUT2D eigenvalue weighted by Crippen LogP contribution is 2.17. The van der Waals surface area contributed by atoms with Gasteiger partial charge in [0.25, 0.3) is 5.91 Å². The van der Waals surface area contributed by atoms with Crippen molar-refractivity contribution >= 4 is 17.4 Å². The number of benzene rings is 1. The maximum atomic E-state index is 12.1. The van der Waals surface area contributed by atoms with Crippen LogP contribution >= 0.6 is 0 Å². The molecule has 0 atom stereocenters. The van der Waals surface area contributed by atoms with Gasteiger partial charge in [0.15, 0.2) is 0 Å². The monoisotopic (exact) mass is 298 g/mol. The van der Waals surface area contributed by atoms with Crippen LogP contribution in [0.4, 0.5) is 11.5 Å². The molecular weight excluding hydrogens is 280 g/mol. The summed E-state index contributed by atoms with van der Waals surface area (Å²) in [4.78, 5) is 22.9. The molecule has 0 bridgehead atoms. The first-order valence-electron chi connectivity index (χ1n) is 7.28. The summed E-state index contributed by atoms with van der Waals surface area (Å²) in [6.07, 6.45) is 5.55. The van der Waals surface area contributed by atoms with E-state index >= 15 is 0 Å². The maximum Gasteiger partial charge on any atom is 0.275 e. The molecule has 1 aromatic heterocycles. The van der Waals surface area contributed by atoms with Gasteiger partial charge in [-0.3, -0.25) is 4.79 Å². The van der Waals surface area contributed by atoms with Crippen molar-refractivity contribution in [3.05, 3.63) is 42.4 Å². The Morgan fingerprint density at radius 1 is 1.14 bits per heavy atom. The lowest BCUT2D eigenvalue weighted by Crippen LogP contribution is -2.20. The minimum Gasteiger partial charge on any atom is -0.497 e. The molecule has 22 heavy (non-hydrogen) atoms. The third-order valence-corrected chi connectivity index (χ3v) is 3.65. The summed E-state index contributed by atoms with van der Waals surface area (Å²) in [6, 6.07) is 7.14. The van der Waals surface area contributed by atoms with E-state index in [1.165, 1.54) is 19.0 Å². The van der Waals surface area contributed by atoms with Gasteiger partial charge in [-0.1, -0.05) is 0 Å². The fraction of sp³-hybridized carbons (Fsp3) is 0.312. The summed E-state index contributed by atoms with van der Waals surface area (Å²) >= 11 is 0. The van der Waals surface area contributed by atoms with E-state index in [1.54, 1.807) is 37.6 Å². The molecule has 0 radical (unpaired) electrons. The number of amides is 1. The lowest BCUT2D eigenvalue weighted by Gasteiger charge is -2.15. The van der Waals surface area contributed by atoms with Crippen LogP contribution in [0.2, 0.25) is 0 Å². The summed E-state index contributed by atoms with van der Waals surface area (Å²) < 4.78 is 5.08. The van der Waals surface area contributed by atoms with Crippen LogP contribution in [-0.4, -0.2) is 36.1 Å². The van der Waals surface area contributed by atoms with Gasteiger partial charge >= 0.3 is 0 Å². The molecule has 1 N–H and O–H groups in total. The van der Waals surface area contributed by atoms with Crippen molar-refractivity contribution < 1.29 is 9.53 Å². The smallest absolute Gasteiger partial charge is 0.275 e. The predicted molar refractivity (Wildman–Crippen MR) is 84.4 cm³/mol. The normalized spacial score (nSPS) is 14.0. The molecule has 0 unspecified atom stereocenters. The zero-order chi connectivity index (χ0) is 15.4. The van der Waals surface area contributed by atoms with Gasteiger partial charge in [-0.15, -0.1) is 0 Å². The molecule has 2 aromatic rings. The average Bonchev–Trinajstić information content (AvgIpc) is 3.10. The largest absolute Gasteiger partial charge is 0.497 e. The van der Waals surface area contributed by atoms with Crippen molar-refractivity contribution in [2.24, 2.45) is 0 Å². The molecule has 2 heterocycles. The maximum absolute atomic E-state index is 12.1. The Hall–Kier alpha value is -2.63. The molecule has 0 aliphatic carbocycles. The zero-order valence-corrected chi connectivity index (χ0v) is 12.5. The third-order valence-electron chi connectivity index (χ3n) is 3.65. The highest BCUT2D eigenvalue weighted by Gasteiger charge is 2.15. The van der Waals surface area contributed by atoms with Crippen LogP contribution in [0.15, 0.2) is 36.7 Å². The molecule has 6 heteroatoms. The number of rotatable bonds is 4. The van der Waals surface area contributed by atoms with Crippen LogP contribution in [0.25, 0.3) is 0 Å². The van der Waals surface area contributed by atoms with Crippen LogP contribution in [0, 0.1) is 0 Å². The standard InChI is InChI=1S/C16H18N4O2/c1-22-13-6-4-12(5-7-13)19-16(21)14-10-18-15(11-17-14)20-8-2-3-9-20/h4-7,10-11H,2-3,8-9H2,1H3,(H,19,21). The van der Waals surface area contributed by atoms with Gasteiger partial charge in [0.2, 0.25) is 0 Å². The van der Waals surface area contributed by atoms with Gasteiger partial charge in [0, 0.05) is 18.8 Å². The number of methoxy groups -OCH3 is 1. The van der Waals surface area contributed by atoms with Crippen LogP contribution in [-0.2, 0) is 0 Å². The number of aromatic nitrogens is 2. The molecule has 1 aliphatic heterocycles. The number of carbonyl (C=O) groups excluding carboxylic acids is 1. The van der Waals surface area contributed by atoms with E-state index in [1.807, 2.05) is 0 Å². The third kappa shape index (κ3) is 3.16. The second-order valence-corrected chi connectivity index (χ2v) is 5.14. The first-order chi connectivity index (χ1) is 10.8. The van der Waals surface area contributed by atoms with E-state index in [9.17, 15) is 4.79 Å². The first-order valence-corrected chi connectivity index (χ1v) is 7.28. The van der Waals surface area contributed by atoms with Crippen molar-refractivity contribution in [1.82, 2.24) is 9.97 Å². The van der Waals surface area contributed by atoms with E-state index in [-0.39, 0.29) is 5.91 Å².